The Morgan fingerprint density at radius 2 is 1.66 bits per heavy atom. The molecule has 2 heterocycles. The molecule has 3 aromatic rings. The molecule has 3 aromatic carbocycles. The Morgan fingerprint density at radius 3 is 2.34 bits per heavy atom. The van der Waals surface area contributed by atoms with Crippen LogP contribution in [-0.4, -0.2) is 44.2 Å². The van der Waals surface area contributed by atoms with Gasteiger partial charge in [-0.3, -0.25) is 9.69 Å². The molecule has 0 saturated carbocycles. The van der Waals surface area contributed by atoms with Crippen LogP contribution in [0, 0.1) is 0 Å². The van der Waals surface area contributed by atoms with Gasteiger partial charge < -0.3 is 14.8 Å². The fourth-order valence-corrected chi connectivity index (χ4v) is 4.86. The first-order chi connectivity index (χ1) is 17.1. The number of allylic oxidation sites excluding steroid dienone is 1. The molecule has 1 N–H and O–H groups in total. The third-order valence-electron chi connectivity index (χ3n) is 6.96. The van der Waals surface area contributed by atoms with E-state index >= 15 is 0 Å². The minimum absolute atomic E-state index is 0.0417. The Kier molecular flexibility index (Phi) is 6.87. The van der Waals surface area contributed by atoms with Gasteiger partial charge in [-0.2, -0.15) is 0 Å². The van der Waals surface area contributed by atoms with E-state index in [0.29, 0.717) is 13.0 Å². The topological polar surface area (TPSA) is 50.8 Å². The number of ether oxygens (including phenoxy) is 2. The normalized spacial score (nSPS) is 15.5. The number of carbonyl (C=O) groups excluding carboxylic acids is 1. The molecule has 35 heavy (non-hydrogen) atoms. The second-order valence-corrected chi connectivity index (χ2v) is 9.36. The van der Waals surface area contributed by atoms with Crippen molar-refractivity contribution in [3.05, 3.63) is 83.4 Å². The average molecular weight is 469 g/mol. The fourth-order valence-electron chi connectivity index (χ4n) is 4.86. The van der Waals surface area contributed by atoms with Crippen molar-refractivity contribution in [1.29, 1.82) is 0 Å². The second kappa shape index (κ2) is 10.4. The van der Waals surface area contributed by atoms with Crippen molar-refractivity contribution in [3.63, 3.8) is 0 Å². The van der Waals surface area contributed by atoms with Gasteiger partial charge in [-0.25, -0.2) is 0 Å². The van der Waals surface area contributed by atoms with Crippen molar-refractivity contribution in [2.45, 2.75) is 26.2 Å². The Labute approximate surface area is 207 Å². The van der Waals surface area contributed by atoms with E-state index < -0.39 is 0 Å². The number of rotatable bonds is 7. The first-order valence-electron chi connectivity index (χ1n) is 12.3. The molecule has 2 aliphatic rings. The molecule has 5 rings (SSSR count). The molecular formula is C30H32N2O3. The molecule has 5 heteroatoms. The van der Waals surface area contributed by atoms with Gasteiger partial charge in [-0.1, -0.05) is 36.4 Å². The van der Waals surface area contributed by atoms with Crippen LogP contribution in [-0.2, 0) is 11.2 Å². The van der Waals surface area contributed by atoms with E-state index in [2.05, 4.69) is 23.2 Å². The smallest absolute Gasteiger partial charge is 0.228 e. The lowest BCUT2D eigenvalue weighted by atomic mass is 9.97. The molecule has 5 nitrogen and oxygen atoms in total. The van der Waals surface area contributed by atoms with E-state index in [1.54, 1.807) is 7.11 Å². The molecule has 180 valence electrons. The number of carbonyl (C=O) groups is 1. The number of likely N-dealkylation sites (tertiary alicyclic amines) is 1. The zero-order valence-corrected chi connectivity index (χ0v) is 20.5. The summed E-state index contributed by atoms with van der Waals surface area (Å²) in [5.41, 5.74) is 7.73. The van der Waals surface area contributed by atoms with E-state index in [1.165, 1.54) is 37.1 Å². The summed E-state index contributed by atoms with van der Waals surface area (Å²) in [4.78, 5) is 15.2. The summed E-state index contributed by atoms with van der Waals surface area (Å²) in [6.07, 6.45) is 2.90. The van der Waals surface area contributed by atoms with Crippen molar-refractivity contribution >= 4 is 17.2 Å². The lowest BCUT2D eigenvalue weighted by Gasteiger charge is -2.26. The van der Waals surface area contributed by atoms with E-state index in [1.807, 2.05) is 60.7 Å². The van der Waals surface area contributed by atoms with Crippen molar-refractivity contribution in [1.82, 2.24) is 4.90 Å². The predicted octanol–water partition coefficient (Wildman–Crippen LogP) is 5.81. The maximum absolute atomic E-state index is 12.7. The summed E-state index contributed by atoms with van der Waals surface area (Å²) in [7, 11) is 1.66. The summed E-state index contributed by atoms with van der Waals surface area (Å²) in [6, 6.07) is 22.0. The van der Waals surface area contributed by atoms with Gasteiger partial charge in [0, 0.05) is 23.9 Å². The van der Waals surface area contributed by atoms with Crippen LogP contribution in [0.2, 0.25) is 0 Å². The molecule has 0 spiro atoms. The van der Waals surface area contributed by atoms with Gasteiger partial charge in [0.25, 0.3) is 0 Å². The van der Waals surface area contributed by atoms with Crippen LogP contribution in [0.25, 0.3) is 16.7 Å². The van der Waals surface area contributed by atoms with Crippen molar-refractivity contribution in [2.75, 3.05) is 38.7 Å². The van der Waals surface area contributed by atoms with Crippen LogP contribution in [0.15, 0.2) is 72.3 Å². The van der Waals surface area contributed by atoms with Crippen LogP contribution in [0.3, 0.4) is 0 Å². The minimum atomic E-state index is -0.0417. The molecule has 0 atom stereocenters. The number of fused-ring (bicyclic) bond motifs is 1. The number of nitrogens with one attached hydrogen (secondary N) is 1. The highest BCUT2D eigenvalue weighted by Crippen LogP contribution is 2.35. The number of methoxy groups -OCH3 is 1. The largest absolute Gasteiger partial charge is 0.497 e. The van der Waals surface area contributed by atoms with Gasteiger partial charge >= 0.3 is 0 Å². The average Bonchev–Trinajstić information content (AvgIpc) is 3.39. The highest BCUT2D eigenvalue weighted by Gasteiger charge is 2.21. The third kappa shape index (κ3) is 5.41. The molecule has 1 amide bonds. The number of anilines is 1. The van der Waals surface area contributed by atoms with E-state index in [4.69, 9.17) is 9.47 Å². The van der Waals surface area contributed by atoms with Crippen LogP contribution in [0.5, 0.6) is 11.5 Å². The van der Waals surface area contributed by atoms with E-state index in [-0.39, 0.29) is 5.91 Å². The molecule has 1 fully saturated rings. The van der Waals surface area contributed by atoms with Gasteiger partial charge in [0.05, 0.1) is 13.5 Å². The van der Waals surface area contributed by atoms with Crippen molar-refractivity contribution in [2.24, 2.45) is 0 Å². The SMILES string of the molecule is COc1ccc(-c2ccc(CC(=O)Nc3ccc4c(c3)OCC(CN3CCCC3)=C4C)cc2)cc1. The molecule has 0 unspecified atom stereocenters. The number of hydrogen-bond donors (Lipinski definition) is 1. The lowest BCUT2D eigenvalue weighted by molar-refractivity contribution is -0.115. The van der Waals surface area contributed by atoms with Crippen molar-refractivity contribution < 1.29 is 14.3 Å². The maximum Gasteiger partial charge on any atom is 0.228 e. The highest BCUT2D eigenvalue weighted by molar-refractivity contribution is 5.93. The minimum Gasteiger partial charge on any atom is -0.497 e. The van der Waals surface area contributed by atoms with Gasteiger partial charge in [-0.15, -0.1) is 0 Å². The Hall–Kier alpha value is -3.57. The second-order valence-electron chi connectivity index (χ2n) is 9.36. The van der Waals surface area contributed by atoms with Gasteiger partial charge in [0.1, 0.15) is 18.1 Å². The molecule has 1 saturated heterocycles. The molecule has 0 radical (unpaired) electrons. The quantitative estimate of drug-likeness (QED) is 0.476. The number of amides is 1. The van der Waals surface area contributed by atoms with Gasteiger partial charge in [0.15, 0.2) is 0 Å². The Morgan fingerprint density at radius 1 is 0.971 bits per heavy atom. The van der Waals surface area contributed by atoms with Crippen LogP contribution in [0.4, 0.5) is 5.69 Å². The number of benzene rings is 3. The maximum atomic E-state index is 12.7. The van der Waals surface area contributed by atoms with Gasteiger partial charge in [-0.05, 0) is 85.0 Å². The van der Waals surface area contributed by atoms with E-state index in [0.717, 1.165) is 46.0 Å². The predicted molar refractivity (Wildman–Crippen MR) is 141 cm³/mol. The fraction of sp³-hybridized carbons (Fsp3) is 0.300. The zero-order valence-electron chi connectivity index (χ0n) is 20.5. The summed E-state index contributed by atoms with van der Waals surface area (Å²) in [6.45, 7) is 6.15. The summed E-state index contributed by atoms with van der Waals surface area (Å²) in [5, 5.41) is 3.03. The number of nitrogens with zero attached hydrogens (tertiary/aromatic N) is 1. The van der Waals surface area contributed by atoms with Gasteiger partial charge in [0.2, 0.25) is 5.91 Å². The van der Waals surface area contributed by atoms with Crippen molar-refractivity contribution in [3.8, 4) is 22.6 Å². The standard InChI is InChI=1S/C30H32N2O3/c1-21-25(19-32-15-3-4-16-32)20-35-29-18-26(11-14-28(21)29)31-30(33)17-22-5-7-23(8-6-22)24-9-12-27(34-2)13-10-24/h5-14,18H,3-4,15-17,19-20H2,1-2H3,(H,31,33). The monoisotopic (exact) mass is 468 g/mol. The molecular weight excluding hydrogens is 436 g/mol. The third-order valence-corrected chi connectivity index (χ3v) is 6.96. The van der Waals surface area contributed by atoms with E-state index in [9.17, 15) is 4.79 Å². The Bertz CT molecular complexity index is 1220. The lowest BCUT2D eigenvalue weighted by Crippen LogP contribution is -2.26. The molecule has 0 aromatic heterocycles. The summed E-state index contributed by atoms with van der Waals surface area (Å²) >= 11 is 0. The van der Waals surface area contributed by atoms with Crippen LogP contribution in [0.1, 0.15) is 30.9 Å². The first kappa shape index (κ1) is 23.2. The summed E-state index contributed by atoms with van der Waals surface area (Å²) < 4.78 is 11.3. The molecule has 0 aliphatic carbocycles. The Balaban J connectivity index is 1.21. The van der Waals surface area contributed by atoms with Crippen LogP contribution >= 0.6 is 0 Å². The highest BCUT2D eigenvalue weighted by atomic mass is 16.5. The number of hydrogen-bond acceptors (Lipinski definition) is 4. The molecule has 0 bridgehead atoms. The zero-order chi connectivity index (χ0) is 24.2. The first-order valence-corrected chi connectivity index (χ1v) is 12.3. The molecule has 2 aliphatic heterocycles. The van der Waals surface area contributed by atoms with Crippen LogP contribution < -0.4 is 14.8 Å². The summed E-state index contributed by atoms with van der Waals surface area (Å²) in [5.74, 6) is 1.64.